The van der Waals surface area contributed by atoms with Crippen LogP contribution < -0.4 is 16.0 Å². The van der Waals surface area contributed by atoms with Gasteiger partial charge in [-0.25, -0.2) is 0 Å². The summed E-state index contributed by atoms with van der Waals surface area (Å²) in [6, 6.07) is 10.7. The number of carbonyl (C=O) groups is 2. The Bertz CT molecular complexity index is 682. The van der Waals surface area contributed by atoms with Crippen LogP contribution >= 0.6 is 11.3 Å². The van der Waals surface area contributed by atoms with Crippen molar-refractivity contribution in [2.24, 2.45) is 0 Å². The number of anilines is 2. The highest BCUT2D eigenvalue weighted by molar-refractivity contribution is 7.12. The lowest BCUT2D eigenvalue weighted by Crippen LogP contribution is -2.45. The minimum absolute atomic E-state index is 0.197. The maximum Gasteiger partial charge on any atom is 0.265 e. The number of thiophene rings is 1. The van der Waals surface area contributed by atoms with Crippen molar-refractivity contribution in [2.75, 3.05) is 30.3 Å². The van der Waals surface area contributed by atoms with Crippen LogP contribution in [0.25, 0.3) is 0 Å². The van der Waals surface area contributed by atoms with Gasteiger partial charge in [0.1, 0.15) is 6.10 Å². The summed E-state index contributed by atoms with van der Waals surface area (Å²) in [6.07, 6.45) is -0.523. The molecule has 0 bridgehead atoms. The first-order valence-electron chi connectivity index (χ1n) is 7.31. The van der Waals surface area contributed by atoms with Gasteiger partial charge in [0.25, 0.3) is 11.8 Å². The molecule has 0 radical (unpaired) electrons. The fraction of sp³-hybridized carbons (Fsp3) is 0.250. The van der Waals surface area contributed by atoms with Crippen LogP contribution in [-0.2, 0) is 9.53 Å². The Labute approximate surface area is 137 Å². The molecule has 3 rings (SSSR count). The third kappa shape index (κ3) is 3.95. The Morgan fingerprint density at radius 3 is 2.57 bits per heavy atom. The van der Waals surface area contributed by atoms with E-state index in [2.05, 4.69) is 16.0 Å². The van der Waals surface area contributed by atoms with E-state index in [-0.39, 0.29) is 11.8 Å². The topological polar surface area (TPSA) is 79.5 Å². The molecule has 1 aliphatic heterocycles. The standard InChI is InChI=1S/C16H17N3O3S/c20-15(13-10-17-7-8-22-13)18-11-4-1-2-5-12(11)19-16(21)14-6-3-9-23-14/h1-6,9,13,17H,7-8,10H2,(H,18,20)(H,19,21). The van der Waals surface area contributed by atoms with Crippen LogP contribution in [0.3, 0.4) is 0 Å². The second-order valence-corrected chi connectivity index (χ2v) is 5.98. The minimum atomic E-state index is -0.523. The molecule has 2 amide bonds. The molecule has 1 atom stereocenters. The summed E-state index contributed by atoms with van der Waals surface area (Å²) in [5.41, 5.74) is 1.11. The Balaban J connectivity index is 1.70. The minimum Gasteiger partial charge on any atom is -0.366 e. The van der Waals surface area contributed by atoms with Crippen molar-refractivity contribution in [1.82, 2.24) is 5.32 Å². The Hall–Kier alpha value is -2.22. The highest BCUT2D eigenvalue weighted by Crippen LogP contribution is 2.23. The van der Waals surface area contributed by atoms with E-state index in [1.54, 1.807) is 30.3 Å². The first kappa shape index (κ1) is 15.7. The van der Waals surface area contributed by atoms with Crippen molar-refractivity contribution in [3.8, 4) is 0 Å². The second-order valence-electron chi connectivity index (χ2n) is 5.03. The fourth-order valence-corrected chi connectivity index (χ4v) is 2.86. The lowest BCUT2D eigenvalue weighted by molar-refractivity contribution is -0.128. The van der Waals surface area contributed by atoms with Crippen molar-refractivity contribution in [3.05, 3.63) is 46.7 Å². The molecule has 1 aromatic heterocycles. The Kier molecular flexibility index (Phi) is 5.02. The molecule has 1 aliphatic rings. The Morgan fingerprint density at radius 2 is 1.91 bits per heavy atom. The van der Waals surface area contributed by atoms with Gasteiger partial charge < -0.3 is 20.7 Å². The summed E-state index contributed by atoms with van der Waals surface area (Å²) < 4.78 is 5.43. The highest BCUT2D eigenvalue weighted by Gasteiger charge is 2.22. The predicted octanol–water partition coefficient (Wildman–Crippen LogP) is 1.93. The van der Waals surface area contributed by atoms with E-state index in [9.17, 15) is 9.59 Å². The summed E-state index contributed by atoms with van der Waals surface area (Å²) >= 11 is 1.37. The molecular formula is C16H17N3O3S. The van der Waals surface area contributed by atoms with E-state index >= 15 is 0 Å². The molecule has 7 heteroatoms. The van der Waals surface area contributed by atoms with Gasteiger partial charge >= 0.3 is 0 Å². The SMILES string of the molecule is O=C(Nc1ccccc1NC(=O)C1CNCCO1)c1cccs1. The van der Waals surface area contributed by atoms with Crippen LogP contribution in [0, 0.1) is 0 Å². The number of amides is 2. The quantitative estimate of drug-likeness (QED) is 0.800. The third-order valence-corrected chi connectivity index (χ3v) is 4.27. The normalized spacial score (nSPS) is 17.5. The molecule has 2 aromatic rings. The molecule has 1 saturated heterocycles. The smallest absolute Gasteiger partial charge is 0.265 e. The summed E-state index contributed by atoms with van der Waals surface area (Å²) in [5, 5.41) is 10.6. The van der Waals surface area contributed by atoms with Gasteiger partial charge in [-0.1, -0.05) is 18.2 Å². The summed E-state index contributed by atoms with van der Waals surface area (Å²) in [4.78, 5) is 25.0. The van der Waals surface area contributed by atoms with Crippen LogP contribution in [-0.4, -0.2) is 37.6 Å². The van der Waals surface area contributed by atoms with E-state index in [0.717, 1.165) is 6.54 Å². The maximum atomic E-state index is 12.2. The number of para-hydroxylation sites is 2. The highest BCUT2D eigenvalue weighted by atomic mass is 32.1. The lowest BCUT2D eigenvalue weighted by Gasteiger charge is -2.23. The van der Waals surface area contributed by atoms with Gasteiger partial charge in [-0.2, -0.15) is 0 Å². The van der Waals surface area contributed by atoms with Gasteiger partial charge in [0, 0.05) is 13.1 Å². The van der Waals surface area contributed by atoms with Gasteiger partial charge in [-0.05, 0) is 23.6 Å². The van der Waals surface area contributed by atoms with Crippen molar-refractivity contribution in [1.29, 1.82) is 0 Å². The molecule has 0 spiro atoms. The van der Waals surface area contributed by atoms with E-state index < -0.39 is 6.10 Å². The molecule has 2 heterocycles. The number of carbonyl (C=O) groups excluding carboxylic acids is 2. The summed E-state index contributed by atoms with van der Waals surface area (Å²) in [6.45, 7) is 1.74. The first-order valence-corrected chi connectivity index (χ1v) is 8.19. The zero-order valence-electron chi connectivity index (χ0n) is 12.4. The first-order chi connectivity index (χ1) is 11.2. The Morgan fingerprint density at radius 1 is 1.13 bits per heavy atom. The average molecular weight is 331 g/mol. The predicted molar refractivity (Wildman–Crippen MR) is 90.0 cm³/mol. The zero-order chi connectivity index (χ0) is 16.1. The lowest BCUT2D eigenvalue weighted by atomic mass is 10.2. The molecule has 23 heavy (non-hydrogen) atoms. The maximum absolute atomic E-state index is 12.2. The van der Waals surface area contributed by atoms with Crippen molar-refractivity contribution >= 4 is 34.5 Å². The largest absolute Gasteiger partial charge is 0.366 e. The molecule has 6 nitrogen and oxygen atoms in total. The van der Waals surface area contributed by atoms with Crippen molar-refractivity contribution < 1.29 is 14.3 Å². The molecule has 1 aromatic carbocycles. The number of nitrogens with one attached hydrogen (secondary N) is 3. The number of morpholine rings is 1. The third-order valence-electron chi connectivity index (χ3n) is 3.40. The van der Waals surface area contributed by atoms with Gasteiger partial charge in [-0.3, -0.25) is 9.59 Å². The van der Waals surface area contributed by atoms with Crippen molar-refractivity contribution in [2.45, 2.75) is 6.10 Å². The molecular weight excluding hydrogens is 314 g/mol. The van der Waals surface area contributed by atoms with Gasteiger partial charge in [-0.15, -0.1) is 11.3 Å². The molecule has 1 unspecified atom stereocenters. The second kappa shape index (κ2) is 7.36. The number of hydrogen-bond acceptors (Lipinski definition) is 5. The van der Waals surface area contributed by atoms with E-state index in [4.69, 9.17) is 4.74 Å². The number of benzene rings is 1. The fourth-order valence-electron chi connectivity index (χ4n) is 2.24. The van der Waals surface area contributed by atoms with Crippen molar-refractivity contribution in [3.63, 3.8) is 0 Å². The zero-order valence-corrected chi connectivity index (χ0v) is 13.2. The summed E-state index contributed by atoms with van der Waals surface area (Å²) in [7, 11) is 0. The van der Waals surface area contributed by atoms with E-state index in [1.807, 2.05) is 11.4 Å². The van der Waals surface area contributed by atoms with Crippen LogP contribution in [0.4, 0.5) is 11.4 Å². The molecule has 0 aliphatic carbocycles. The number of rotatable bonds is 4. The van der Waals surface area contributed by atoms with Crippen LogP contribution in [0.15, 0.2) is 41.8 Å². The molecule has 1 fully saturated rings. The van der Waals surface area contributed by atoms with E-state index in [1.165, 1.54) is 11.3 Å². The van der Waals surface area contributed by atoms with Crippen LogP contribution in [0.5, 0.6) is 0 Å². The van der Waals surface area contributed by atoms with Gasteiger partial charge in [0.05, 0.1) is 22.9 Å². The van der Waals surface area contributed by atoms with Crippen LogP contribution in [0.1, 0.15) is 9.67 Å². The number of ether oxygens (including phenoxy) is 1. The molecule has 0 saturated carbocycles. The average Bonchev–Trinajstić information content (AvgIpc) is 3.12. The van der Waals surface area contributed by atoms with E-state index in [0.29, 0.717) is 29.4 Å². The van der Waals surface area contributed by atoms with Crippen LogP contribution in [0.2, 0.25) is 0 Å². The molecule has 120 valence electrons. The number of hydrogen-bond donors (Lipinski definition) is 3. The summed E-state index contributed by atoms with van der Waals surface area (Å²) in [5.74, 6) is -0.424. The van der Waals surface area contributed by atoms with Gasteiger partial charge in [0.2, 0.25) is 0 Å². The monoisotopic (exact) mass is 331 g/mol. The van der Waals surface area contributed by atoms with Gasteiger partial charge in [0.15, 0.2) is 0 Å². The molecule has 3 N–H and O–H groups in total.